The fraction of sp³-hybridized carbons (Fsp3) is 0. The second-order valence-electron chi connectivity index (χ2n) is 28.6. The van der Waals surface area contributed by atoms with E-state index in [1.54, 1.807) is 0 Å². The lowest BCUT2D eigenvalue weighted by Gasteiger charge is -2.17. The first-order valence-corrected chi connectivity index (χ1v) is 37.5. The summed E-state index contributed by atoms with van der Waals surface area (Å²) >= 11 is 0. The highest BCUT2D eigenvalue weighted by molar-refractivity contribution is 6.21. The minimum absolute atomic E-state index is 0.866. The SMILES string of the molecule is c1ccc2nc(-c3ccc4cc(-c5ccc6nc(-c7c8ccccc8c(-c8ccc9ccc%10cccnc%10c9n8)c8ccccc78)ccc6c5)ccc4n3)ccc2c1.c1ccc2nc(-c3ccc4cc(-c5ccc6nc(-c7ccc8cc(-c9ccc%10ccc%11cccnc%11c%10n9)ccc8c7)ccc6c5)ccc4n3)ccc2c1. The van der Waals surface area contributed by atoms with E-state index >= 15 is 0 Å². The summed E-state index contributed by atoms with van der Waals surface area (Å²) in [5.41, 5.74) is 25.6. The number of pyridine rings is 10. The summed E-state index contributed by atoms with van der Waals surface area (Å²) in [6.07, 6.45) is 3.67. The Morgan fingerprint density at radius 2 is 0.393 bits per heavy atom. The third kappa shape index (κ3) is 11.4. The fourth-order valence-electron chi connectivity index (χ4n) is 16.2. The number of aromatic nitrogens is 10. The van der Waals surface area contributed by atoms with Crippen molar-refractivity contribution in [1.82, 2.24) is 49.8 Å². The molecule has 13 aromatic carbocycles. The van der Waals surface area contributed by atoms with Crippen LogP contribution in [0.25, 0.3) is 231 Å². The van der Waals surface area contributed by atoms with Crippen molar-refractivity contribution < 1.29 is 0 Å². The molecule has 0 bridgehead atoms. The highest BCUT2D eigenvalue weighted by atomic mass is 14.8. The van der Waals surface area contributed by atoms with Gasteiger partial charge in [0.15, 0.2) is 0 Å². The van der Waals surface area contributed by atoms with Crippen LogP contribution in [0.4, 0.5) is 0 Å². The fourth-order valence-corrected chi connectivity index (χ4v) is 16.2. The molecular formula is C102H60N10. The smallest absolute Gasteiger partial charge is 0.0972 e. The van der Waals surface area contributed by atoms with Gasteiger partial charge in [0.2, 0.25) is 0 Å². The Balaban J connectivity index is 0.000000138. The highest BCUT2D eigenvalue weighted by Crippen LogP contribution is 2.45. The van der Waals surface area contributed by atoms with Crippen molar-refractivity contribution in [3.8, 4) is 90.1 Å². The summed E-state index contributed by atoms with van der Waals surface area (Å²) in [6.45, 7) is 0. The first-order chi connectivity index (χ1) is 55.4. The quantitative estimate of drug-likeness (QED) is 0.107. The zero-order chi connectivity index (χ0) is 73.7. The molecule has 10 aromatic heterocycles. The topological polar surface area (TPSA) is 129 Å². The molecule has 0 spiro atoms. The summed E-state index contributed by atoms with van der Waals surface area (Å²) in [5, 5.41) is 17.8. The predicted molar refractivity (Wildman–Crippen MR) is 462 cm³/mol. The molecule has 0 amide bonds. The van der Waals surface area contributed by atoms with Crippen LogP contribution >= 0.6 is 0 Å². The van der Waals surface area contributed by atoms with Gasteiger partial charge in [-0.1, -0.05) is 218 Å². The van der Waals surface area contributed by atoms with Gasteiger partial charge in [0.1, 0.15) is 0 Å². The van der Waals surface area contributed by atoms with E-state index in [1.165, 1.54) is 0 Å². The van der Waals surface area contributed by atoms with Crippen LogP contribution in [0.5, 0.6) is 0 Å². The van der Waals surface area contributed by atoms with Gasteiger partial charge in [-0.05, 0) is 188 Å². The Bertz CT molecular complexity index is 7820. The van der Waals surface area contributed by atoms with Gasteiger partial charge in [0.25, 0.3) is 0 Å². The lowest BCUT2D eigenvalue weighted by Crippen LogP contribution is -1.95. The maximum atomic E-state index is 5.33. The minimum atomic E-state index is 0.866. The number of nitrogens with zero attached hydrogens (tertiary/aromatic N) is 10. The van der Waals surface area contributed by atoms with Crippen LogP contribution in [0.1, 0.15) is 0 Å². The summed E-state index contributed by atoms with van der Waals surface area (Å²) in [5.74, 6) is 0. The third-order valence-electron chi connectivity index (χ3n) is 21.9. The monoisotopic (exact) mass is 1420 g/mol. The molecule has 0 saturated heterocycles. The van der Waals surface area contributed by atoms with Gasteiger partial charge < -0.3 is 0 Å². The maximum Gasteiger partial charge on any atom is 0.0972 e. The van der Waals surface area contributed by atoms with Crippen molar-refractivity contribution >= 4 is 141 Å². The van der Waals surface area contributed by atoms with E-state index in [2.05, 4.69) is 296 Å². The molecule has 518 valence electrons. The molecule has 112 heavy (non-hydrogen) atoms. The lowest BCUT2D eigenvalue weighted by molar-refractivity contribution is 1.32. The van der Waals surface area contributed by atoms with Crippen LogP contribution in [0.2, 0.25) is 0 Å². The minimum Gasteiger partial charge on any atom is -0.254 e. The molecule has 0 unspecified atom stereocenters. The van der Waals surface area contributed by atoms with Crippen LogP contribution in [0, 0.1) is 0 Å². The molecule has 0 fully saturated rings. The van der Waals surface area contributed by atoms with Gasteiger partial charge in [-0.15, -0.1) is 0 Å². The Hall–Kier alpha value is -15.3. The number of hydrogen-bond donors (Lipinski definition) is 0. The average molecular weight is 1430 g/mol. The second-order valence-corrected chi connectivity index (χ2v) is 28.6. The van der Waals surface area contributed by atoms with Crippen molar-refractivity contribution in [1.29, 1.82) is 0 Å². The first-order valence-electron chi connectivity index (χ1n) is 37.5. The van der Waals surface area contributed by atoms with Gasteiger partial charge >= 0.3 is 0 Å². The third-order valence-corrected chi connectivity index (χ3v) is 21.9. The summed E-state index contributed by atoms with van der Waals surface area (Å²) in [7, 11) is 0. The number of rotatable bonds is 8. The lowest BCUT2D eigenvalue weighted by atomic mass is 9.88. The standard InChI is InChI=1S/C53H31N5.C49H29N5/c1-6-14-43-32(8-1)17-25-46(55-43)47-26-21-37-30-35(19-23-44(37)56-47)36-20-24-45-38(31-36)22-28-48(57-45)50-39-10-2-4-12-41(39)51(42-13-5-3-11-40(42)50)49-27-18-34-16-15-33-9-7-29-54-52(33)53(34)58-49;1-2-6-41-30(4-1)13-23-46(52-41)47-24-18-40-29-36(16-21-44(40)53-47)35-15-20-42-39(28-35)17-22-43(51-42)37-11-9-34-27-38(12-10-33(34)26-37)45-19-14-32-8-7-31-5-3-25-50-48(31)49(32)54-45/h1-31H;1-29H. The molecular weight excluding hydrogens is 1370 g/mol. The average Bonchev–Trinajstić information content (AvgIpc) is 0.727. The van der Waals surface area contributed by atoms with E-state index in [1.807, 2.05) is 73.1 Å². The second kappa shape index (κ2) is 26.3. The van der Waals surface area contributed by atoms with E-state index < -0.39 is 0 Å². The molecule has 0 radical (unpaired) electrons. The van der Waals surface area contributed by atoms with Crippen molar-refractivity contribution in [2.45, 2.75) is 0 Å². The van der Waals surface area contributed by atoms with E-state index in [4.69, 9.17) is 44.9 Å². The number of benzene rings is 13. The van der Waals surface area contributed by atoms with Crippen LogP contribution < -0.4 is 0 Å². The normalized spacial score (nSPS) is 11.8. The number of para-hydroxylation sites is 2. The van der Waals surface area contributed by atoms with Crippen molar-refractivity contribution in [2.24, 2.45) is 0 Å². The molecule has 10 nitrogen and oxygen atoms in total. The zero-order valence-corrected chi connectivity index (χ0v) is 60.1. The Kier molecular flexibility index (Phi) is 15.0. The Morgan fingerprint density at radius 3 is 0.804 bits per heavy atom. The van der Waals surface area contributed by atoms with Gasteiger partial charge in [0.05, 0.1) is 101 Å². The molecule has 23 rings (SSSR count). The summed E-state index contributed by atoms with van der Waals surface area (Å²) < 4.78 is 0. The summed E-state index contributed by atoms with van der Waals surface area (Å²) in [4.78, 5) is 49.8. The molecule has 0 atom stereocenters. The van der Waals surface area contributed by atoms with Gasteiger partial charge in [-0.25, -0.2) is 39.9 Å². The predicted octanol–water partition coefficient (Wildman–Crippen LogP) is 25.7. The summed E-state index contributed by atoms with van der Waals surface area (Å²) in [6, 6.07) is 123. The Morgan fingerprint density at radius 1 is 0.143 bits per heavy atom. The molecule has 0 aliphatic heterocycles. The van der Waals surface area contributed by atoms with E-state index in [9.17, 15) is 0 Å². The highest BCUT2D eigenvalue weighted by Gasteiger charge is 2.21. The van der Waals surface area contributed by atoms with Crippen LogP contribution in [-0.2, 0) is 0 Å². The largest absolute Gasteiger partial charge is 0.254 e. The number of fused-ring (bicyclic) bond motifs is 15. The first kappa shape index (κ1) is 64.0. The van der Waals surface area contributed by atoms with Crippen molar-refractivity contribution in [2.75, 3.05) is 0 Å². The van der Waals surface area contributed by atoms with Crippen LogP contribution in [0.15, 0.2) is 364 Å². The molecule has 10 heterocycles. The van der Waals surface area contributed by atoms with Gasteiger partial charge in [-0.3, -0.25) is 9.97 Å². The molecule has 10 heteroatoms. The molecule has 0 N–H and O–H groups in total. The van der Waals surface area contributed by atoms with Crippen LogP contribution in [-0.4, -0.2) is 49.8 Å². The van der Waals surface area contributed by atoms with Crippen molar-refractivity contribution in [3.63, 3.8) is 0 Å². The Labute approximate surface area is 641 Å². The van der Waals surface area contributed by atoms with E-state index in [-0.39, 0.29) is 0 Å². The van der Waals surface area contributed by atoms with Crippen LogP contribution in [0.3, 0.4) is 0 Å². The van der Waals surface area contributed by atoms with E-state index in [0.717, 1.165) is 231 Å². The van der Waals surface area contributed by atoms with Gasteiger partial charge in [-0.2, -0.15) is 0 Å². The van der Waals surface area contributed by atoms with E-state index in [0.29, 0.717) is 0 Å². The zero-order valence-electron chi connectivity index (χ0n) is 60.1. The van der Waals surface area contributed by atoms with Crippen molar-refractivity contribution in [3.05, 3.63) is 364 Å². The molecule has 23 aromatic rings. The molecule has 0 aliphatic carbocycles. The van der Waals surface area contributed by atoms with Gasteiger partial charge in [0, 0.05) is 88.5 Å². The molecule has 0 saturated carbocycles. The molecule has 0 aliphatic rings. The maximum absolute atomic E-state index is 5.33. The number of hydrogen-bond acceptors (Lipinski definition) is 10.